The maximum atomic E-state index is 10.7. The van der Waals surface area contributed by atoms with Gasteiger partial charge in [-0.2, -0.15) is 0 Å². The van der Waals surface area contributed by atoms with E-state index in [9.17, 15) is 10.1 Å². The highest BCUT2D eigenvalue weighted by Gasteiger charge is 2.16. The minimum Gasteiger partial charge on any atom is -0.493 e. The lowest BCUT2D eigenvalue weighted by Gasteiger charge is -2.10. The van der Waals surface area contributed by atoms with Gasteiger partial charge in [0.25, 0.3) is 5.69 Å². The minimum atomic E-state index is -0.546. The fraction of sp³-hybridized carbons (Fsp3) is 0.0833. The molecule has 9 nitrogen and oxygen atoms in total. The normalized spacial score (nSPS) is 9.95. The van der Waals surface area contributed by atoms with E-state index in [1.165, 1.54) is 37.7 Å². The summed E-state index contributed by atoms with van der Waals surface area (Å²) in [4.78, 5) is 18.0. The molecule has 2 rings (SSSR count). The van der Waals surface area contributed by atoms with Crippen molar-refractivity contribution in [1.29, 1.82) is 5.41 Å². The van der Waals surface area contributed by atoms with Gasteiger partial charge in [-0.1, -0.05) is 0 Å². The summed E-state index contributed by atoms with van der Waals surface area (Å²) in [6, 6.07) is 3.86. The molecule has 1 heterocycles. The first-order valence-electron chi connectivity index (χ1n) is 5.68. The molecule has 0 aliphatic rings. The van der Waals surface area contributed by atoms with Crippen molar-refractivity contribution in [3.63, 3.8) is 0 Å². The predicted octanol–water partition coefficient (Wildman–Crippen LogP) is 1.47. The second-order valence-corrected chi connectivity index (χ2v) is 3.82. The van der Waals surface area contributed by atoms with Gasteiger partial charge in [-0.15, -0.1) is 0 Å². The summed E-state index contributed by atoms with van der Waals surface area (Å²) in [5.74, 6) is 0.0617. The second kappa shape index (κ2) is 5.82. The number of rotatable bonds is 5. The van der Waals surface area contributed by atoms with E-state index >= 15 is 0 Å². The zero-order chi connectivity index (χ0) is 15.4. The molecule has 0 saturated heterocycles. The van der Waals surface area contributed by atoms with Crippen LogP contribution >= 0.6 is 0 Å². The Labute approximate surface area is 119 Å². The average molecular weight is 289 g/mol. The number of nitro groups is 1. The van der Waals surface area contributed by atoms with Gasteiger partial charge in [-0.25, -0.2) is 9.97 Å². The number of benzene rings is 1. The lowest BCUT2D eigenvalue weighted by molar-refractivity contribution is -0.384. The van der Waals surface area contributed by atoms with E-state index in [0.717, 1.165) is 0 Å². The fourth-order valence-corrected chi connectivity index (χ4v) is 1.54. The SMILES string of the molecule is COc1cc([N+](=O)[O-])ccc1Oc1nccnc1C(=N)N. The van der Waals surface area contributed by atoms with Crippen molar-refractivity contribution in [3.8, 4) is 17.4 Å². The van der Waals surface area contributed by atoms with Crippen LogP contribution < -0.4 is 15.2 Å². The summed E-state index contributed by atoms with van der Waals surface area (Å²) in [7, 11) is 1.36. The maximum absolute atomic E-state index is 10.7. The Hall–Kier alpha value is -3.23. The molecule has 0 amide bonds. The Morgan fingerprint density at radius 3 is 2.67 bits per heavy atom. The largest absolute Gasteiger partial charge is 0.493 e. The molecule has 108 valence electrons. The molecule has 0 atom stereocenters. The lowest BCUT2D eigenvalue weighted by Crippen LogP contribution is -2.15. The Bertz CT molecular complexity index is 704. The van der Waals surface area contributed by atoms with Crippen LogP contribution in [0.15, 0.2) is 30.6 Å². The number of hydrogen-bond donors (Lipinski definition) is 2. The molecule has 0 fully saturated rings. The van der Waals surface area contributed by atoms with Crippen LogP contribution in [0.1, 0.15) is 5.69 Å². The quantitative estimate of drug-likeness (QED) is 0.368. The van der Waals surface area contributed by atoms with E-state index in [1.54, 1.807) is 0 Å². The zero-order valence-corrected chi connectivity index (χ0v) is 10.9. The van der Waals surface area contributed by atoms with Gasteiger partial charge in [0, 0.05) is 18.5 Å². The number of ether oxygens (including phenoxy) is 2. The van der Waals surface area contributed by atoms with Crippen molar-refractivity contribution in [1.82, 2.24) is 9.97 Å². The van der Waals surface area contributed by atoms with E-state index in [1.807, 2.05) is 0 Å². The minimum absolute atomic E-state index is 0.0113. The first kappa shape index (κ1) is 14.2. The standard InChI is InChI=1S/C12H11N5O4/c1-20-9-6-7(17(18)19)2-3-8(9)21-12-10(11(13)14)15-4-5-16-12/h2-6H,1H3,(H3,13,14). The van der Waals surface area contributed by atoms with Gasteiger partial charge >= 0.3 is 0 Å². The number of aromatic nitrogens is 2. The number of nitro benzene ring substituents is 1. The molecule has 0 radical (unpaired) electrons. The van der Waals surface area contributed by atoms with E-state index in [2.05, 4.69) is 9.97 Å². The van der Waals surface area contributed by atoms with Gasteiger partial charge in [0.05, 0.1) is 18.1 Å². The van der Waals surface area contributed by atoms with Crippen LogP contribution in [-0.2, 0) is 0 Å². The number of amidine groups is 1. The van der Waals surface area contributed by atoms with Gasteiger partial charge in [0.15, 0.2) is 17.2 Å². The Balaban J connectivity index is 2.40. The summed E-state index contributed by atoms with van der Waals surface area (Å²) >= 11 is 0. The van der Waals surface area contributed by atoms with Crippen LogP contribution in [0.25, 0.3) is 0 Å². The number of hydrogen-bond acceptors (Lipinski definition) is 7. The highest BCUT2D eigenvalue weighted by molar-refractivity contribution is 5.95. The maximum Gasteiger partial charge on any atom is 0.273 e. The van der Waals surface area contributed by atoms with Crippen molar-refractivity contribution in [2.75, 3.05) is 7.11 Å². The average Bonchev–Trinajstić information content (AvgIpc) is 2.47. The van der Waals surface area contributed by atoms with E-state index in [0.29, 0.717) is 0 Å². The molecular formula is C12H11N5O4. The van der Waals surface area contributed by atoms with Crippen molar-refractivity contribution < 1.29 is 14.4 Å². The van der Waals surface area contributed by atoms with Crippen molar-refractivity contribution in [3.05, 3.63) is 46.4 Å². The third-order valence-electron chi connectivity index (χ3n) is 2.48. The number of nitrogens with two attached hydrogens (primary N) is 1. The first-order chi connectivity index (χ1) is 10.0. The molecule has 0 bridgehead atoms. The van der Waals surface area contributed by atoms with Gasteiger partial charge in [-0.3, -0.25) is 15.5 Å². The van der Waals surface area contributed by atoms with Crippen molar-refractivity contribution in [2.24, 2.45) is 5.73 Å². The molecule has 3 N–H and O–H groups in total. The molecule has 0 aliphatic heterocycles. The Morgan fingerprint density at radius 1 is 1.33 bits per heavy atom. The lowest BCUT2D eigenvalue weighted by atomic mass is 10.3. The molecule has 0 aliphatic carbocycles. The van der Waals surface area contributed by atoms with Crippen LogP contribution in [-0.4, -0.2) is 27.8 Å². The molecule has 0 spiro atoms. The third-order valence-corrected chi connectivity index (χ3v) is 2.48. The Kier molecular flexibility index (Phi) is 3.93. The van der Waals surface area contributed by atoms with Crippen molar-refractivity contribution >= 4 is 11.5 Å². The first-order valence-corrected chi connectivity index (χ1v) is 5.68. The molecule has 1 aromatic carbocycles. The second-order valence-electron chi connectivity index (χ2n) is 3.82. The number of nitrogens with zero attached hydrogens (tertiary/aromatic N) is 3. The van der Waals surface area contributed by atoms with Gasteiger partial charge in [0.1, 0.15) is 5.84 Å². The molecule has 21 heavy (non-hydrogen) atoms. The molecule has 1 aromatic heterocycles. The summed E-state index contributed by atoms with van der Waals surface area (Å²) in [6.07, 6.45) is 2.75. The predicted molar refractivity (Wildman–Crippen MR) is 72.8 cm³/mol. The number of nitrogens with one attached hydrogen (secondary N) is 1. The summed E-state index contributed by atoms with van der Waals surface area (Å²) < 4.78 is 10.5. The van der Waals surface area contributed by atoms with Crippen LogP contribution in [0.5, 0.6) is 17.4 Å². The molecule has 2 aromatic rings. The van der Waals surface area contributed by atoms with Crippen LogP contribution in [0.2, 0.25) is 0 Å². The number of nitrogen functional groups attached to an aromatic ring is 1. The third kappa shape index (κ3) is 3.03. The zero-order valence-electron chi connectivity index (χ0n) is 10.9. The van der Waals surface area contributed by atoms with Crippen molar-refractivity contribution in [2.45, 2.75) is 0 Å². The topological polar surface area (TPSA) is 137 Å². The molecule has 9 heteroatoms. The number of methoxy groups -OCH3 is 1. The van der Waals surface area contributed by atoms with E-state index in [-0.39, 0.29) is 34.6 Å². The smallest absolute Gasteiger partial charge is 0.273 e. The summed E-state index contributed by atoms with van der Waals surface area (Å²) in [5, 5.41) is 18.1. The van der Waals surface area contributed by atoms with Crippen LogP contribution in [0.4, 0.5) is 5.69 Å². The van der Waals surface area contributed by atoms with E-state index < -0.39 is 4.92 Å². The van der Waals surface area contributed by atoms with Gasteiger partial charge < -0.3 is 15.2 Å². The van der Waals surface area contributed by atoms with Gasteiger partial charge in [0.2, 0.25) is 5.88 Å². The monoisotopic (exact) mass is 289 g/mol. The summed E-state index contributed by atoms with van der Waals surface area (Å²) in [5.41, 5.74) is 5.32. The highest BCUT2D eigenvalue weighted by Crippen LogP contribution is 2.34. The van der Waals surface area contributed by atoms with Crippen LogP contribution in [0, 0.1) is 15.5 Å². The van der Waals surface area contributed by atoms with E-state index in [4.69, 9.17) is 20.6 Å². The summed E-state index contributed by atoms with van der Waals surface area (Å²) in [6.45, 7) is 0. The molecule has 0 unspecified atom stereocenters. The fourth-order valence-electron chi connectivity index (χ4n) is 1.54. The number of non-ortho nitro benzene ring substituents is 1. The molecular weight excluding hydrogens is 278 g/mol. The van der Waals surface area contributed by atoms with Crippen LogP contribution in [0.3, 0.4) is 0 Å². The highest BCUT2D eigenvalue weighted by atomic mass is 16.6. The van der Waals surface area contributed by atoms with Gasteiger partial charge in [-0.05, 0) is 6.07 Å². The Morgan fingerprint density at radius 2 is 2.05 bits per heavy atom. The molecule has 0 saturated carbocycles.